The summed E-state index contributed by atoms with van der Waals surface area (Å²) in [5.41, 5.74) is 4.22. The van der Waals surface area contributed by atoms with Crippen LogP contribution in [0.5, 0.6) is 5.75 Å². The number of benzene rings is 2. The number of carbonyl (C=O) groups excluding carboxylic acids is 1. The largest absolute Gasteiger partial charge is 0.497 e. The molecule has 1 amide bonds. The normalized spacial score (nSPS) is 13.9. The maximum Gasteiger partial charge on any atom is 0.256 e. The van der Waals surface area contributed by atoms with E-state index < -0.39 is 0 Å². The molecule has 0 bridgehead atoms. The smallest absolute Gasteiger partial charge is 0.256 e. The van der Waals surface area contributed by atoms with E-state index in [9.17, 15) is 4.79 Å². The van der Waals surface area contributed by atoms with Gasteiger partial charge in [0.2, 0.25) is 0 Å². The Morgan fingerprint density at radius 3 is 2.55 bits per heavy atom. The zero-order valence-corrected chi connectivity index (χ0v) is 19.0. The number of amides is 1. The maximum atomic E-state index is 13.3. The molecule has 1 aliphatic heterocycles. The van der Waals surface area contributed by atoms with Gasteiger partial charge in [-0.15, -0.1) is 0 Å². The lowest BCUT2D eigenvalue weighted by Gasteiger charge is -2.36. The minimum Gasteiger partial charge on any atom is -0.497 e. The van der Waals surface area contributed by atoms with Gasteiger partial charge in [-0.3, -0.25) is 4.79 Å². The van der Waals surface area contributed by atoms with Gasteiger partial charge >= 0.3 is 0 Å². The first-order valence-electron chi connectivity index (χ1n) is 10.4. The van der Waals surface area contributed by atoms with Crippen LogP contribution in [-0.4, -0.2) is 49.1 Å². The molecule has 0 spiro atoms. The second-order valence-electron chi connectivity index (χ2n) is 7.71. The van der Waals surface area contributed by atoms with Crippen molar-refractivity contribution in [3.05, 3.63) is 77.5 Å². The van der Waals surface area contributed by atoms with Gasteiger partial charge in [0.25, 0.3) is 5.91 Å². The Labute approximate surface area is 188 Å². The van der Waals surface area contributed by atoms with Crippen molar-refractivity contribution >= 4 is 23.4 Å². The molecule has 0 aliphatic carbocycles. The quantitative estimate of drug-likeness (QED) is 0.577. The Morgan fingerprint density at radius 1 is 1.00 bits per heavy atom. The monoisotopic (exact) mass is 433 g/mol. The molecule has 31 heavy (non-hydrogen) atoms. The van der Waals surface area contributed by atoms with Crippen molar-refractivity contribution in [3.63, 3.8) is 0 Å². The summed E-state index contributed by atoms with van der Waals surface area (Å²) >= 11 is 1.56. The van der Waals surface area contributed by atoms with Crippen LogP contribution in [0.1, 0.15) is 21.5 Å². The first-order chi connectivity index (χ1) is 15.0. The molecule has 1 aromatic heterocycles. The Balaban J connectivity index is 1.47. The first kappa shape index (κ1) is 21.2. The highest BCUT2D eigenvalue weighted by Crippen LogP contribution is 2.32. The first-order valence-corrected chi connectivity index (χ1v) is 11.2. The number of anilines is 1. The molecule has 1 fully saturated rings. The van der Waals surface area contributed by atoms with E-state index in [1.54, 1.807) is 25.1 Å². The lowest BCUT2D eigenvalue weighted by molar-refractivity contribution is 0.0742. The number of hydrogen-bond donors (Lipinski definition) is 0. The second kappa shape index (κ2) is 9.43. The van der Waals surface area contributed by atoms with Crippen LogP contribution >= 0.6 is 11.8 Å². The molecule has 2 heterocycles. The van der Waals surface area contributed by atoms with Crippen molar-refractivity contribution in [3.8, 4) is 5.75 Å². The summed E-state index contributed by atoms with van der Waals surface area (Å²) in [6.07, 6.45) is 1.75. The molecule has 1 aliphatic rings. The van der Waals surface area contributed by atoms with E-state index in [1.807, 2.05) is 35.2 Å². The Hall–Kier alpha value is -2.99. The molecule has 0 N–H and O–H groups in total. The van der Waals surface area contributed by atoms with Gasteiger partial charge in [-0.05, 0) is 49.7 Å². The molecule has 0 radical (unpaired) electrons. The summed E-state index contributed by atoms with van der Waals surface area (Å²) in [4.78, 5) is 23.2. The number of hydrogen-bond acceptors (Lipinski definition) is 5. The van der Waals surface area contributed by atoms with E-state index in [1.165, 1.54) is 11.1 Å². The molecule has 0 saturated carbocycles. The standard InChI is InChI=1S/C25H27N3O2S/c1-18-9-10-23(19(2)16-18)31-24-22(8-5-11-26-24)25(29)28-14-12-27(13-15-28)20-6-4-7-21(17-20)30-3/h4-11,16-17H,12-15H2,1-3H3. The molecule has 4 rings (SSSR count). The van der Waals surface area contributed by atoms with Crippen LogP contribution in [0.15, 0.2) is 70.7 Å². The predicted octanol–water partition coefficient (Wildman–Crippen LogP) is 4.82. The SMILES string of the molecule is COc1cccc(N2CCN(C(=O)c3cccnc3Sc3ccc(C)cc3C)CC2)c1. The van der Waals surface area contributed by atoms with Crippen LogP contribution in [-0.2, 0) is 0 Å². The van der Waals surface area contributed by atoms with Gasteiger partial charge in [-0.2, -0.15) is 0 Å². The van der Waals surface area contributed by atoms with E-state index in [2.05, 4.69) is 48.0 Å². The summed E-state index contributed by atoms with van der Waals surface area (Å²) < 4.78 is 5.34. The molecular formula is C25H27N3O2S. The average molecular weight is 434 g/mol. The van der Waals surface area contributed by atoms with Crippen LogP contribution in [0.2, 0.25) is 0 Å². The molecule has 0 unspecified atom stereocenters. The van der Waals surface area contributed by atoms with Crippen molar-refractivity contribution in [2.24, 2.45) is 0 Å². The molecule has 5 nitrogen and oxygen atoms in total. The summed E-state index contributed by atoms with van der Waals surface area (Å²) in [6, 6.07) is 18.1. The van der Waals surface area contributed by atoms with E-state index in [0.717, 1.165) is 34.4 Å². The predicted molar refractivity (Wildman–Crippen MR) is 125 cm³/mol. The fourth-order valence-corrected chi connectivity index (χ4v) is 4.74. The highest BCUT2D eigenvalue weighted by molar-refractivity contribution is 7.99. The number of piperazine rings is 1. The fourth-order valence-electron chi connectivity index (χ4n) is 3.80. The van der Waals surface area contributed by atoms with Gasteiger partial charge in [0.05, 0.1) is 12.7 Å². The van der Waals surface area contributed by atoms with Crippen LogP contribution in [0.25, 0.3) is 0 Å². The van der Waals surface area contributed by atoms with Crippen molar-refractivity contribution in [1.29, 1.82) is 0 Å². The fraction of sp³-hybridized carbons (Fsp3) is 0.280. The lowest BCUT2D eigenvalue weighted by atomic mass is 10.2. The van der Waals surface area contributed by atoms with Gasteiger partial charge < -0.3 is 14.5 Å². The Kier molecular flexibility index (Phi) is 6.47. The third-order valence-corrected chi connectivity index (χ3v) is 6.72. The number of carbonyl (C=O) groups is 1. The third kappa shape index (κ3) is 4.85. The van der Waals surface area contributed by atoms with Crippen molar-refractivity contribution < 1.29 is 9.53 Å². The summed E-state index contributed by atoms with van der Waals surface area (Å²) in [5.74, 6) is 0.894. The number of aromatic nitrogens is 1. The van der Waals surface area contributed by atoms with E-state index in [-0.39, 0.29) is 5.91 Å². The highest BCUT2D eigenvalue weighted by Gasteiger charge is 2.25. The summed E-state index contributed by atoms with van der Waals surface area (Å²) in [6.45, 7) is 7.12. The van der Waals surface area contributed by atoms with Gasteiger partial charge in [-0.1, -0.05) is 35.5 Å². The minimum absolute atomic E-state index is 0.0469. The van der Waals surface area contributed by atoms with Gasteiger partial charge in [0.15, 0.2) is 0 Å². The molecule has 1 saturated heterocycles. The molecule has 3 aromatic rings. The van der Waals surface area contributed by atoms with Crippen molar-refractivity contribution in [2.75, 3.05) is 38.2 Å². The highest BCUT2D eigenvalue weighted by atomic mass is 32.2. The number of rotatable bonds is 5. The zero-order chi connectivity index (χ0) is 21.8. The van der Waals surface area contributed by atoms with Crippen LogP contribution in [0.4, 0.5) is 5.69 Å². The molecule has 160 valence electrons. The van der Waals surface area contributed by atoms with E-state index >= 15 is 0 Å². The van der Waals surface area contributed by atoms with Crippen LogP contribution < -0.4 is 9.64 Å². The Bertz CT molecular complexity index is 1080. The van der Waals surface area contributed by atoms with Crippen molar-refractivity contribution in [1.82, 2.24) is 9.88 Å². The zero-order valence-electron chi connectivity index (χ0n) is 18.2. The van der Waals surface area contributed by atoms with Gasteiger partial charge in [0, 0.05) is 49.0 Å². The second-order valence-corrected chi connectivity index (χ2v) is 8.74. The molecule has 0 atom stereocenters. The van der Waals surface area contributed by atoms with Crippen molar-refractivity contribution in [2.45, 2.75) is 23.8 Å². The number of methoxy groups -OCH3 is 1. The van der Waals surface area contributed by atoms with Crippen LogP contribution in [0, 0.1) is 13.8 Å². The average Bonchev–Trinajstić information content (AvgIpc) is 2.81. The summed E-state index contributed by atoms with van der Waals surface area (Å²) in [7, 11) is 1.68. The number of aryl methyl sites for hydroxylation is 2. The minimum atomic E-state index is 0.0469. The molecule has 2 aromatic carbocycles. The molecular weight excluding hydrogens is 406 g/mol. The third-order valence-electron chi connectivity index (χ3n) is 5.52. The maximum absolute atomic E-state index is 13.3. The van der Waals surface area contributed by atoms with E-state index in [0.29, 0.717) is 18.7 Å². The number of nitrogens with zero attached hydrogens (tertiary/aromatic N) is 3. The number of ether oxygens (including phenoxy) is 1. The topological polar surface area (TPSA) is 45.7 Å². The van der Waals surface area contributed by atoms with Gasteiger partial charge in [0.1, 0.15) is 10.8 Å². The molecule has 6 heteroatoms. The summed E-state index contributed by atoms with van der Waals surface area (Å²) in [5, 5.41) is 0.759. The lowest BCUT2D eigenvalue weighted by Crippen LogP contribution is -2.48. The van der Waals surface area contributed by atoms with Crippen LogP contribution in [0.3, 0.4) is 0 Å². The van der Waals surface area contributed by atoms with Gasteiger partial charge in [-0.25, -0.2) is 4.98 Å². The van der Waals surface area contributed by atoms with E-state index in [4.69, 9.17) is 4.74 Å². The Morgan fingerprint density at radius 2 is 1.81 bits per heavy atom. The number of pyridine rings is 1.